The molecular weight excluding hydrogens is 995 g/mol. The number of rotatable bonds is 3. The minimum Gasteiger partial charge on any atom is -0.716 e. The van der Waals surface area contributed by atoms with E-state index < -0.39 is 56.9 Å². The zero-order valence-corrected chi connectivity index (χ0v) is 37.2. The largest absolute Gasteiger partial charge is 1.00 e. The Balaban J connectivity index is 0.00000812. The molecule has 0 saturated carbocycles. The summed E-state index contributed by atoms with van der Waals surface area (Å²) in [5.74, 6) is -5.01. The average molecular weight is 1020 g/mol. The summed E-state index contributed by atoms with van der Waals surface area (Å²) in [5.41, 5.74) is -0.583. The molecule has 0 aliphatic carbocycles. The number of halogens is 3. The van der Waals surface area contributed by atoms with Gasteiger partial charge >= 0.3 is 35.5 Å². The number of aromatic hydroxyl groups is 2. The van der Waals surface area contributed by atoms with Gasteiger partial charge in [-0.25, -0.2) is 13.2 Å². The number of fused-ring (bicyclic) bond motifs is 7. The van der Waals surface area contributed by atoms with E-state index in [0.717, 1.165) is 12.1 Å². The number of carboxylic acid groups (broad SMARTS) is 1. The molecule has 288 valence electrons. The van der Waals surface area contributed by atoms with Crippen molar-refractivity contribution in [2.75, 3.05) is 24.6 Å². The van der Waals surface area contributed by atoms with Crippen LogP contribution in [0, 0.1) is 0 Å². The van der Waals surface area contributed by atoms with Crippen molar-refractivity contribution in [2.24, 2.45) is 10.3 Å². The molecule has 4 rings (SSSR count). The van der Waals surface area contributed by atoms with Gasteiger partial charge in [0.05, 0.1) is 13.4 Å². The fourth-order valence-electron chi connectivity index (χ4n) is 4.70. The average Bonchev–Trinajstić information content (AvgIpc) is 3.10. The number of phenolic OH excluding ortho intramolecular Hbond substituents is 2. The molecule has 1 aliphatic rings. The zero-order valence-electron chi connectivity index (χ0n) is 28.0. The first-order valence-electron chi connectivity index (χ1n) is 14.9. The summed E-state index contributed by atoms with van der Waals surface area (Å²) in [4.78, 5) is 38.0. The Bertz CT molecular complexity index is 2190. The molecule has 6 bridgehead atoms. The van der Waals surface area contributed by atoms with E-state index in [1.54, 1.807) is 0 Å². The standard InChI is InChI=1S/C31H27Br3N4O13S3.Na/c32-19-7-14-5-17(26(19)39)18-6-15(9-21(34)28(18)51-54(47,48)49)13-25(31(43)44)50-24-12-16(8-20(33)27(24)40)11-23(38-46)30(42)36-2-4-53-52-3-1-35-29(41)22(10-14)37-45;/h5-9,12-13,39-40,45-46H,1-4,10-11H2,(H,35,41)(H,36,42)(H,43,44)(H,47,48,49);/q;+1/p-1/b25-13+,37-22+,38-23+;. The quantitative estimate of drug-likeness (QED) is 0.0492. The molecule has 7 N–H and O–H groups in total. The number of oxime groups is 2. The van der Waals surface area contributed by atoms with Gasteiger partial charge in [-0.3, -0.25) is 9.59 Å². The number of carbonyl (C=O) groups is 3. The fourth-order valence-corrected chi connectivity index (χ4v) is 8.56. The molecule has 3 aromatic rings. The van der Waals surface area contributed by atoms with Crippen molar-refractivity contribution in [3.63, 3.8) is 0 Å². The van der Waals surface area contributed by atoms with Gasteiger partial charge in [0.15, 0.2) is 17.2 Å². The second kappa shape index (κ2) is 21.0. The van der Waals surface area contributed by atoms with Crippen LogP contribution >= 0.6 is 69.4 Å². The maximum atomic E-state index is 12.9. The molecule has 2 amide bonds. The van der Waals surface area contributed by atoms with Crippen LogP contribution in [-0.2, 0) is 37.6 Å². The SMILES string of the molecule is O=C(O)/C1=C\c2cc(Br)c(OS(=O)(=O)[O-])c(c2)-c2cc(cc(Br)c2O)C/C(=N\O)C(=O)NCCSSCCNC(=O)/C(=N/O)Cc2cc(Br)c(O)c(c2)O1.[Na+]. The van der Waals surface area contributed by atoms with Crippen LogP contribution in [0.1, 0.15) is 16.7 Å². The van der Waals surface area contributed by atoms with Gasteiger partial charge in [-0.2, -0.15) is 0 Å². The fraction of sp³-hybridized carbons (Fsp3) is 0.194. The summed E-state index contributed by atoms with van der Waals surface area (Å²) in [6.45, 7) is 0.351. The van der Waals surface area contributed by atoms with E-state index in [2.05, 4.69) is 68.7 Å². The van der Waals surface area contributed by atoms with E-state index in [4.69, 9.17) is 8.92 Å². The maximum absolute atomic E-state index is 12.9. The summed E-state index contributed by atoms with van der Waals surface area (Å²) in [6.07, 6.45) is 0.390. The number of nitrogens with zero attached hydrogens (tertiary/aromatic N) is 2. The van der Waals surface area contributed by atoms with Crippen LogP contribution in [0.3, 0.4) is 0 Å². The van der Waals surface area contributed by atoms with Gasteiger partial charge in [0, 0.05) is 48.6 Å². The third kappa shape index (κ3) is 13.0. The molecule has 1 aliphatic heterocycles. The molecule has 0 unspecified atom stereocenters. The van der Waals surface area contributed by atoms with Crippen LogP contribution in [0.15, 0.2) is 65.9 Å². The Labute approximate surface area is 368 Å². The van der Waals surface area contributed by atoms with Gasteiger partial charge in [0.25, 0.3) is 22.2 Å². The van der Waals surface area contributed by atoms with Gasteiger partial charge in [-0.05, 0) is 107 Å². The van der Waals surface area contributed by atoms with E-state index >= 15 is 0 Å². The van der Waals surface area contributed by atoms with Crippen LogP contribution in [0.2, 0.25) is 0 Å². The number of amides is 2. The van der Waals surface area contributed by atoms with Crippen molar-refractivity contribution < 1.29 is 91.6 Å². The number of aliphatic carboxylic acids is 1. The van der Waals surface area contributed by atoms with Gasteiger partial charge in [-0.1, -0.05) is 31.9 Å². The molecule has 0 radical (unpaired) electrons. The topological polar surface area (TPSA) is 277 Å². The smallest absolute Gasteiger partial charge is 0.716 e. The number of ether oxygens (including phenoxy) is 1. The Hall–Kier alpha value is -3.00. The number of benzene rings is 3. The van der Waals surface area contributed by atoms with Crippen molar-refractivity contribution in [2.45, 2.75) is 12.8 Å². The second-order valence-electron chi connectivity index (χ2n) is 10.8. The molecule has 0 spiro atoms. The van der Waals surface area contributed by atoms with Gasteiger partial charge in [0.1, 0.15) is 17.2 Å². The third-order valence-electron chi connectivity index (χ3n) is 7.02. The first-order valence-corrected chi connectivity index (χ1v) is 21.1. The summed E-state index contributed by atoms with van der Waals surface area (Å²) >= 11 is 9.50. The van der Waals surface area contributed by atoms with E-state index in [1.165, 1.54) is 51.9 Å². The molecule has 3 aromatic carbocycles. The Morgan fingerprint density at radius 2 is 1.35 bits per heavy atom. The van der Waals surface area contributed by atoms with Crippen molar-refractivity contribution in [1.82, 2.24) is 10.6 Å². The molecule has 0 atom stereocenters. The summed E-state index contributed by atoms with van der Waals surface area (Å²) in [7, 11) is -2.67. The second-order valence-corrected chi connectivity index (χ2v) is 17.0. The van der Waals surface area contributed by atoms with Crippen molar-refractivity contribution in [3.8, 4) is 34.1 Å². The number of phenols is 2. The van der Waals surface area contributed by atoms with E-state index in [1.807, 2.05) is 0 Å². The van der Waals surface area contributed by atoms with Crippen molar-refractivity contribution in [3.05, 3.63) is 72.3 Å². The number of carbonyl (C=O) groups excluding carboxylic acids is 2. The number of carboxylic acids is 1. The van der Waals surface area contributed by atoms with Gasteiger partial charge in [-0.15, -0.1) is 0 Å². The van der Waals surface area contributed by atoms with Crippen LogP contribution in [0.25, 0.3) is 17.2 Å². The Morgan fingerprint density at radius 1 is 0.818 bits per heavy atom. The van der Waals surface area contributed by atoms with Crippen LogP contribution in [-0.4, -0.2) is 92.5 Å². The monoisotopic (exact) mass is 1020 g/mol. The molecular formula is C31H26Br3N4NaO13S3. The number of hydrogen-bond donors (Lipinski definition) is 7. The molecule has 0 saturated heterocycles. The zero-order chi connectivity index (χ0) is 39.7. The Morgan fingerprint density at radius 3 is 1.85 bits per heavy atom. The van der Waals surface area contributed by atoms with E-state index in [9.17, 15) is 53.1 Å². The minimum absolute atomic E-state index is 0. The molecule has 17 nitrogen and oxygen atoms in total. The third-order valence-corrected chi connectivity index (χ3v) is 11.6. The van der Waals surface area contributed by atoms with Crippen LogP contribution < -0.4 is 49.1 Å². The molecule has 55 heavy (non-hydrogen) atoms. The maximum Gasteiger partial charge on any atom is 1.00 e. The van der Waals surface area contributed by atoms with Crippen LogP contribution in [0.4, 0.5) is 0 Å². The molecule has 0 fully saturated rings. The predicted molar refractivity (Wildman–Crippen MR) is 208 cm³/mol. The van der Waals surface area contributed by atoms with Gasteiger partial charge < -0.3 is 49.8 Å². The molecule has 1 heterocycles. The number of nitrogens with one attached hydrogen (secondary N) is 2. The summed E-state index contributed by atoms with van der Waals surface area (Å²) in [6, 6.07) is 7.63. The van der Waals surface area contributed by atoms with Crippen LogP contribution in [0.5, 0.6) is 23.0 Å². The minimum atomic E-state index is -5.43. The van der Waals surface area contributed by atoms with E-state index in [0.29, 0.717) is 11.5 Å². The summed E-state index contributed by atoms with van der Waals surface area (Å²) in [5, 5.41) is 62.6. The van der Waals surface area contributed by atoms with E-state index in [-0.39, 0.29) is 108 Å². The summed E-state index contributed by atoms with van der Waals surface area (Å²) < 4.78 is 45.6. The predicted octanol–water partition coefficient (Wildman–Crippen LogP) is 1.77. The first-order chi connectivity index (χ1) is 25.5. The van der Waals surface area contributed by atoms with Crippen molar-refractivity contribution in [1.29, 1.82) is 0 Å². The molecule has 0 aromatic heterocycles. The van der Waals surface area contributed by atoms with Gasteiger partial charge in [0.2, 0.25) is 5.76 Å². The Kier molecular flexibility index (Phi) is 17.7. The van der Waals surface area contributed by atoms with Crippen molar-refractivity contribution >= 4 is 115 Å². The number of hydrogen-bond acceptors (Lipinski definition) is 16. The first kappa shape index (κ1) is 46.4. The molecule has 24 heteroatoms. The normalized spacial score (nSPS) is 17.5.